The SMILES string of the molecule is CC(c1cccs1)N(C)c1nc(Cl)nc(N(C)C)n1. The second kappa shape index (κ2) is 5.71. The molecule has 0 saturated carbocycles. The summed E-state index contributed by atoms with van der Waals surface area (Å²) in [5, 5.41) is 2.27. The lowest BCUT2D eigenvalue weighted by Gasteiger charge is -2.24. The molecule has 2 aromatic rings. The first-order valence-electron chi connectivity index (χ1n) is 5.84. The summed E-state index contributed by atoms with van der Waals surface area (Å²) < 4.78 is 0. The predicted molar refractivity (Wildman–Crippen MR) is 80.3 cm³/mol. The third-order valence-corrected chi connectivity index (χ3v) is 4.05. The normalized spacial score (nSPS) is 12.3. The molecule has 0 aliphatic heterocycles. The van der Waals surface area contributed by atoms with E-state index >= 15 is 0 Å². The second-order valence-corrected chi connectivity index (χ2v) is 5.72. The Morgan fingerprint density at radius 2 is 1.84 bits per heavy atom. The van der Waals surface area contributed by atoms with Gasteiger partial charge in [0, 0.05) is 26.0 Å². The van der Waals surface area contributed by atoms with Crippen LogP contribution in [0.1, 0.15) is 17.8 Å². The van der Waals surface area contributed by atoms with E-state index in [2.05, 4.69) is 33.3 Å². The molecule has 0 aromatic carbocycles. The van der Waals surface area contributed by atoms with E-state index in [0.717, 1.165) is 0 Å². The van der Waals surface area contributed by atoms with Crippen LogP contribution in [0, 0.1) is 0 Å². The summed E-state index contributed by atoms with van der Waals surface area (Å²) in [5.74, 6) is 1.13. The molecular weight excluding hydrogens is 282 g/mol. The fraction of sp³-hybridized carbons (Fsp3) is 0.417. The van der Waals surface area contributed by atoms with E-state index < -0.39 is 0 Å². The number of rotatable bonds is 4. The van der Waals surface area contributed by atoms with Gasteiger partial charge in [-0.1, -0.05) is 6.07 Å². The van der Waals surface area contributed by atoms with Gasteiger partial charge in [0.05, 0.1) is 6.04 Å². The van der Waals surface area contributed by atoms with Crippen molar-refractivity contribution >= 4 is 34.8 Å². The fourth-order valence-electron chi connectivity index (χ4n) is 1.58. The highest BCUT2D eigenvalue weighted by molar-refractivity contribution is 7.10. The van der Waals surface area contributed by atoms with Crippen LogP contribution in [0.25, 0.3) is 0 Å². The molecule has 19 heavy (non-hydrogen) atoms. The van der Waals surface area contributed by atoms with Gasteiger partial charge in [0.2, 0.25) is 17.2 Å². The summed E-state index contributed by atoms with van der Waals surface area (Å²) in [7, 11) is 5.70. The van der Waals surface area contributed by atoms with E-state index in [0.29, 0.717) is 11.9 Å². The number of nitrogens with zero attached hydrogens (tertiary/aromatic N) is 5. The molecule has 2 aromatic heterocycles. The molecule has 0 N–H and O–H groups in total. The fourth-order valence-corrected chi connectivity index (χ4v) is 2.56. The van der Waals surface area contributed by atoms with Gasteiger partial charge in [-0.2, -0.15) is 15.0 Å². The molecule has 7 heteroatoms. The van der Waals surface area contributed by atoms with Gasteiger partial charge in [-0.3, -0.25) is 0 Å². The van der Waals surface area contributed by atoms with Crippen molar-refractivity contribution in [2.75, 3.05) is 30.9 Å². The Morgan fingerprint density at radius 3 is 2.42 bits per heavy atom. The molecule has 1 unspecified atom stereocenters. The largest absolute Gasteiger partial charge is 0.347 e. The van der Waals surface area contributed by atoms with Gasteiger partial charge in [-0.25, -0.2) is 0 Å². The first-order valence-corrected chi connectivity index (χ1v) is 7.10. The smallest absolute Gasteiger partial charge is 0.231 e. The van der Waals surface area contributed by atoms with Gasteiger partial charge in [-0.15, -0.1) is 11.3 Å². The zero-order chi connectivity index (χ0) is 14.0. The van der Waals surface area contributed by atoms with E-state index in [-0.39, 0.29) is 11.3 Å². The van der Waals surface area contributed by atoms with Crippen molar-refractivity contribution in [2.45, 2.75) is 13.0 Å². The summed E-state index contributed by atoms with van der Waals surface area (Å²) in [4.78, 5) is 17.7. The second-order valence-electron chi connectivity index (χ2n) is 4.40. The van der Waals surface area contributed by atoms with Crippen LogP contribution < -0.4 is 9.80 Å². The lowest BCUT2D eigenvalue weighted by Crippen LogP contribution is -2.25. The molecule has 5 nitrogen and oxygen atoms in total. The number of anilines is 2. The number of hydrogen-bond donors (Lipinski definition) is 0. The van der Waals surface area contributed by atoms with Crippen LogP contribution in [-0.2, 0) is 0 Å². The summed E-state index contributed by atoms with van der Waals surface area (Å²) >= 11 is 7.67. The standard InChI is InChI=1S/C12H16ClN5S/c1-8(9-6-5-7-19-9)18(4)12-15-10(13)14-11(16-12)17(2)3/h5-8H,1-4H3. The Morgan fingerprint density at radius 1 is 1.16 bits per heavy atom. The van der Waals surface area contributed by atoms with E-state index in [1.165, 1.54) is 4.88 Å². The number of halogens is 1. The Labute approximate surface area is 121 Å². The highest BCUT2D eigenvalue weighted by Crippen LogP contribution is 2.27. The molecule has 1 atom stereocenters. The van der Waals surface area contributed by atoms with Crippen LogP contribution >= 0.6 is 22.9 Å². The minimum absolute atomic E-state index is 0.188. The molecule has 0 amide bonds. The third-order valence-electron chi connectivity index (χ3n) is 2.84. The molecule has 2 rings (SSSR count). The molecule has 0 saturated heterocycles. The molecule has 0 fully saturated rings. The van der Waals surface area contributed by atoms with Gasteiger partial charge >= 0.3 is 0 Å². The average Bonchev–Trinajstić information content (AvgIpc) is 2.90. The van der Waals surface area contributed by atoms with Crippen molar-refractivity contribution in [3.05, 3.63) is 27.7 Å². The zero-order valence-corrected chi connectivity index (χ0v) is 12.9. The van der Waals surface area contributed by atoms with Crippen LogP contribution in [0.3, 0.4) is 0 Å². The maximum atomic E-state index is 5.95. The lowest BCUT2D eigenvalue weighted by molar-refractivity contribution is 0.722. The minimum Gasteiger partial charge on any atom is -0.347 e. The van der Waals surface area contributed by atoms with Crippen molar-refractivity contribution in [3.63, 3.8) is 0 Å². The Kier molecular flexibility index (Phi) is 4.21. The van der Waals surface area contributed by atoms with E-state index in [1.54, 1.807) is 16.2 Å². The van der Waals surface area contributed by atoms with Crippen LogP contribution in [0.4, 0.5) is 11.9 Å². The van der Waals surface area contributed by atoms with Crippen molar-refractivity contribution in [3.8, 4) is 0 Å². The van der Waals surface area contributed by atoms with Gasteiger partial charge < -0.3 is 9.80 Å². The first kappa shape index (κ1) is 14.0. The maximum Gasteiger partial charge on any atom is 0.231 e. The summed E-state index contributed by atoms with van der Waals surface area (Å²) in [6.45, 7) is 2.11. The maximum absolute atomic E-state index is 5.95. The van der Waals surface area contributed by atoms with Crippen LogP contribution in [0.15, 0.2) is 17.5 Å². The third kappa shape index (κ3) is 3.13. The highest BCUT2D eigenvalue weighted by Gasteiger charge is 2.17. The molecular formula is C12H16ClN5S. The topological polar surface area (TPSA) is 45.2 Å². The van der Waals surface area contributed by atoms with Gasteiger partial charge in [0.15, 0.2) is 0 Å². The van der Waals surface area contributed by atoms with Crippen molar-refractivity contribution in [1.82, 2.24) is 15.0 Å². The van der Waals surface area contributed by atoms with Crippen molar-refractivity contribution < 1.29 is 0 Å². The number of hydrogen-bond acceptors (Lipinski definition) is 6. The van der Waals surface area contributed by atoms with E-state index in [9.17, 15) is 0 Å². The predicted octanol–water partition coefficient (Wildman–Crippen LogP) is 2.85. The monoisotopic (exact) mass is 297 g/mol. The van der Waals surface area contributed by atoms with Crippen molar-refractivity contribution in [1.29, 1.82) is 0 Å². The minimum atomic E-state index is 0.188. The van der Waals surface area contributed by atoms with E-state index in [1.807, 2.05) is 32.1 Å². The molecule has 102 valence electrons. The molecule has 0 spiro atoms. The molecule has 0 bridgehead atoms. The first-order chi connectivity index (χ1) is 8.99. The van der Waals surface area contributed by atoms with Crippen LogP contribution in [0.5, 0.6) is 0 Å². The molecule has 0 aliphatic carbocycles. The molecule has 0 aliphatic rings. The number of aromatic nitrogens is 3. The Bertz CT molecular complexity index is 543. The average molecular weight is 298 g/mol. The molecule has 0 radical (unpaired) electrons. The summed E-state index contributed by atoms with van der Waals surface area (Å²) in [6, 6.07) is 4.32. The van der Waals surface area contributed by atoms with Crippen LogP contribution in [0.2, 0.25) is 5.28 Å². The van der Waals surface area contributed by atoms with Crippen molar-refractivity contribution in [2.24, 2.45) is 0 Å². The van der Waals surface area contributed by atoms with Gasteiger partial charge in [-0.05, 0) is 30.0 Å². The molecule has 2 heterocycles. The quantitative estimate of drug-likeness (QED) is 0.868. The van der Waals surface area contributed by atoms with Gasteiger partial charge in [0.25, 0.3) is 0 Å². The van der Waals surface area contributed by atoms with Crippen LogP contribution in [-0.4, -0.2) is 36.1 Å². The Hall–Kier alpha value is -1.40. The summed E-state index contributed by atoms with van der Waals surface area (Å²) in [5.41, 5.74) is 0. The number of thiophene rings is 1. The van der Waals surface area contributed by atoms with Gasteiger partial charge in [0.1, 0.15) is 0 Å². The van der Waals surface area contributed by atoms with E-state index in [4.69, 9.17) is 11.6 Å². The highest BCUT2D eigenvalue weighted by atomic mass is 35.5. The Balaban J connectivity index is 2.30. The summed E-state index contributed by atoms with van der Waals surface area (Å²) in [6.07, 6.45) is 0. The lowest BCUT2D eigenvalue weighted by atomic mass is 10.2. The zero-order valence-electron chi connectivity index (χ0n) is 11.3.